The lowest BCUT2D eigenvalue weighted by Gasteiger charge is -2.11. The molecular formula is C13H13OPS2. The molecule has 0 aliphatic heterocycles. The summed E-state index contributed by atoms with van der Waals surface area (Å²) in [4.78, 5) is 2.11. The van der Waals surface area contributed by atoms with Gasteiger partial charge in [-0.25, -0.2) is 0 Å². The monoisotopic (exact) mass is 280 g/mol. The molecule has 0 saturated heterocycles. The van der Waals surface area contributed by atoms with Crippen LogP contribution in [0.3, 0.4) is 0 Å². The van der Waals surface area contributed by atoms with E-state index in [0.29, 0.717) is 0 Å². The Balaban J connectivity index is 2.07. The number of benzene rings is 2. The van der Waals surface area contributed by atoms with Crippen molar-refractivity contribution in [3.63, 3.8) is 0 Å². The van der Waals surface area contributed by atoms with Crippen LogP contribution < -0.4 is 0 Å². The minimum atomic E-state index is -2.30. The molecule has 2 rings (SSSR count). The maximum atomic E-state index is 12.5. The molecule has 0 aliphatic rings. The zero-order chi connectivity index (χ0) is 12.1. The van der Waals surface area contributed by atoms with Crippen LogP contribution in [0.5, 0.6) is 0 Å². The molecule has 17 heavy (non-hydrogen) atoms. The summed E-state index contributed by atoms with van der Waals surface area (Å²) in [5.41, 5.74) is -2.30. The standard InChI is InChI=1S/C13H13OPS2/c1-15(14,16-12-8-4-2-5-9-12)17-13-10-6-3-7-11-13/h2-11H,1H3. The molecule has 0 spiro atoms. The van der Waals surface area contributed by atoms with Gasteiger partial charge < -0.3 is 4.57 Å². The Bertz CT molecular complexity index is 468. The van der Waals surface area contributed by atoms with E-state index in [-0.39, 0.29) is 0 Å². The van der Waals surface area contributed by atoms with Gasteiger partial charge in [-0.1, -0.05) is 36.4 Å². The minimum Gasteiger partial charge on any atom is -0.300 e. The third-order valence-electron chi connectivity index (χ3n) is 2.03. The molecule has 0 aromatic heterocycles. The van der Waals surface area contributed by atoms with Crippen LogP contribution in [0.1, 0.15) is 0 Å². The highest BCUT2D eigenvalue weighted by atomic mass is 33.1. The van der Waals surface area contributed by atoms with E-state index in [2.05, 4.69) is 0 Å². The second-order valence-electron chi connectivity index (χ2n) is 3.58. The molecular weight excluding hydrogens is 267 g/mol. The van der Waals surface area contributed by atoms with Crippen LogP contribution in [0.15, 0.2) is 70.5 Å². The lowest BCUT2D eigenvalue weighted by atomic mass is 10.4. The number of rotatable bonds is 4. The van der Waals surface area contributed by atoms with Crippen LogP contribution in [0, 0.1) is 0 Å². The molecule has 4 heteroatoms. The topological polar surface area (TPSA) is 17.1 Å². The average Bonchev–Trinajstić information content (AvgIpc) is 2.30. The van der Waals surface area contributed by atoms with E-state index in [4.69, 9.17) is 0 Å². The largest absolute Gasteiger partial charge is 0.300 e. The second kappa shape index (κ2) is 5.81. The first-order chi connectivity index (χ1) is 8.16. The van der Waals surface area contributed by atoms with Gasteiger partial charge in [0, 0.05) is 16.5 Å². The van der Waals surface area contributed by atoms with E-state index >= 15 is 0 Å². The second-order valence-corrected chi connectivity index (χ2v) is 12.4. The van der Waals surface area contributed by atoms with Gasteiger partial charge in [0.05, 0.1) is 0 Å². The predicted octanol–water partition coefficient (Wildman–Crippen LogP) is 5.39. The summed E-state index contributed by atoms with van der Waals surface area (Å²) in [7, 11) is 0. The molecule has 0 N–H and O–H groups in total. The molecule has 0 bridgehead atoms. The van der Waals surface area contributed by atoms with E-state index in [1.54, 1.807) is 0 Å². The summed E-state index contributed by atoms with van der Waals surface area (Å²) in [5, 5.41) is 0. The summed E-state index contributed by atoms with van der Waals surface area (Å²) >= 11 is 2.92. The van der Waals surface area contributed by atoms with Gasteiger partial charge in [0.25, 0.3) is 0 Å². The van der Waals surface area contributed by atoms with E-state index in [1.165, 1.54) is 22.8 Å². The molecule has 0 heterocycles. The maximum Gasteiger partial charge on any atom is 0.197 e. The molecule has 0 fully saturated rings. The zero-order valence-corrected chi connectivity index (χ0v) is 12.0. The first kappa shape index (κ1) is 12.8. The van der Waals surface area contributed by atoms with Gasteiger partial charge in [0.15, 0.2) is 5.55 Å². The van der Waals surface area contributed by atoms with Crippen molar-refractivity contribution >= 4 is 28.3 Å². The molecule has 2 aromatic rings. The van der Waals surface area contributed by atoms with Crippen LogP contribution >= 0.6 is 28.3 Å². The van der Waals surface area contributed by atoms with Crippen LogP contribution in [-0.2, 0) is 4.57 Å². The van der Waals surface area contributed by atoms with Gasteiger partial charge >= 0.3 is 0 Å². The van der Waals surface area contributed by atoms with Crippen LogP contribution in [0.2, 0.25) is 0 Å². The van der Waals surface area contributed by atoms with Gasteiger partial charge in [-0.15, -0.1) is 0 Å². The quantitative estimate of drug-likeness (QED) is 0.698. The molecule has 0 radical (unpaired) electrons. The maximum absolute atomic E-state index is 12.5. The summed E-state index contributed by atoms with van der Waals surface area (Å²) in [6.07, 6.45) is 0. The summed E-state index contributed by atoms with van der Waals surface area (Å²) in [6.45, 7) is 1.82. The lowest BCUT2D eigenvalue weighted by molar-refractivity contribution is 0.596. The van der Waals surface area contributed by atoms with Crippen LogP contribution in [-0.4, -0.2) is 6.66 Å². The van der Waals surface area contributed by atoms with Gasteiger partial charge in [0.2, 0.25) is 0 Å². The van der Waals surface area contributed by atoms with Gasteiger partial charge in [-0.3, -0.25) is 0 Å². The van der Waals surface area contributed by atoms with Gasteiger partial charge in [0.1, 0.15) is 0 Å². The van der Waals surface area contributed by atoms with Crippen molar-refractivity contribution in [1.29, 1.82) is 0 Å². The summed E-state index contributed by atoms with van der Waals surface area (Å²) in [6, 6.07) is 19.8. The third-order valence-corrected chi connectivity index (χ3v) is 8.25. The molecule has 88 valence electrons. The number of hydrogen-bond acceptors (Lipinski definition) is 3. The van der Waals surface area contributed by atoms with Crippen LogP contribution in [0.25, 0.3) is 0 Å². The van der Waals surface area contributed by atoms with E-state index in [9.17, 15) is 4.57 Å². The van der Waals surface area contributed by atoms with Crippen molar-refractivity contribution < 1.29 is 4.57 Å². The molecule has 1 nitrogen and oxygen atoms in total. The molecule has 2 aromatic carbocycles. The Hall–Kier alpha value is -0.630. The fourth-order valence-electron chi connectivity index (χ4n) is 1.36. The van der Waals surface area contributed by atoms with Crippen molar-refractivity contribution in [2.45, 2.75) is 9.79 Å². The average molecular weight is 280 g/mol. The SMILES string of the molecule is CP(=O)(Sc1ccccc1)Sc1ccccc1. The van der Waals surface area contributed by atoms with E-state index < -0.39 is 5.55 Å². The normalized spacial score (nSPS) is 11.4. The Morgan fingerprint density at radius 3 is 1.47 bits per heavy atom. The fraction of sp³-hybridized carbons (Fsp3) is 0.0769. The molecule has 0 unspecified atom stereocenters. The van der Waals surface area contributed by atoms with E-state index in [0.717, 1.165) is 9.79 Å². The van der Waals surface area contributed by atoms with E-state index in [1.807, 2.05) is 67.3 Å². The van der Waals surface area contributed by atoms with Crippen molar-refractivity contribution in [3.8, 4) is 0 Å². The lowest BCUT2D eigenvalue weighted by Crippen LogP contribution is -1.72. The Morgan fingerprint density at radius 2 is 1.12 bits per heavy atom. The zero-order valence-electron chi connectivity index (χ0n) is 9.45. The van der Waals surface area contributed by atoms with Crippen molar-refractivity contribution in [2.75, 3.05) is 6.66 Å². The molecule has 0 aliphatic carbocycles. The Kier molecular flexibility index (Phi) is 4.38. The highest BCUT2D eigenvalue weighted by Crippen LogP contribution is 2.70. The first-order valence-corrected chi connectivity index (χ1v) is 10.2. The molecule has 0 atom stereocenters. The highest BCUT2D eigenvalue weighted by Gasteiger charge is 2.18. The fourth-order valence-corrected chi connectivity index (χ4v) is 7.75. The number of hydrogen-bond donors (Lipinski definition) is 0. The van der Waals surface area contributed by atoms with Crippen molar-refractivity contribution in [2.24, 2.45) is 0 Å². The summed E-state index contributed by atoms with van der Waals surface area (Å²) in [5.74, 6) is 0. The molecule has 0 saturated carbocycles. The highest BCUT2D eigenvalue weighted by molar-refractivity contribution is 8.90. The first-order valence-electron chi connectivity index (χ1n) is 5.22. The minimum absolute atomic E-state index is 1.06. The Morgan fingerprint density at radius 1 is 0.765 bits per heavy atom. The summed E-state index contributed by atoms with van der Waals surface area (Å²) < 4.78 is 12.5. The van der Waals surface area contributed by atoms with Crippen LogP contribution in [0.4, 0.5) is 0 Å². The van der Waals surface area contributed by atoms with Gasteiger partial charge in [-0.05, 0) is 47.0 Å². The predicted molar refractivity (Wildman–Crippen MR) is 78.1 cm³/mol. The van der Waals surface area contributed by atoms with Crippen molar-refractivity contribution in [1.82, 2.24) is 0 Å². The van der Waals surface area contributed by atoms with Gasteiger partial charge in [-0.2, -0.15) is 0 Å². The van der Waals surface area contributed by atoms with Crippen molar-refractivity contribution in [3.05, 3.63) is 60.7 Å². The smallest absolute Gasteiger partial charge is 0.197 e. The third kappa shape index (κ3) is 4.27. The molecule has 0 amide bonds. The Labute approximate surface area is 110 Å².